The number of nitro benzene ring substituents is 2. The van der Waals surface area contributed by atoms with Gasteiger partial charge in [0.2, 0.25) is 0 Å². The molecule has 0 aliphatic carbocycles. The van der Waals surface area contributed by atoms with E-state index in [-0.39, 0.29) is 15.1 Å². The van der Waals surface area contributed by atoms with Crippen molar-refractivity contribution in [3.63, 3.8) is 0 Å². The maximum Gasteiger partial charge on any atom is 0.269 e. The topological polar surface area (TPSA) is 158 Å². The van der Waals surface area contributed by atoms with Gasteiger partial charge in [0.15, 0.2) is 0 Å². The Morgan fingerprint density at radius 1 is 0.786 bits per heavy atom. The molecule has 0 aromatic heterocycles. The van der Waals surface area contributed by atoms with Crippen LogP contribution in [-0.4, -0.2) is 36.9 Å². The summed E-state index contributed by atoms with van der Waals surface area (Å²) in [6.45, 7) is -0.849. The molecule has 0 saturated heterocycles. The third-order valence-electron chi connectivity index (χ3n) is 3.45. The third-order valence-corrected chi connectivity index (χ3v) is 7.69. The molecule has 0 heterocycles. The summed E-state index contributed by atoms with van der Waals surface area (Å²) in [5.74, 6) is 1.93. The molecule has 0 saturated carbocycles. The van der Waals surface area contributed by atoms with Crippen LogP contribution < -0.4 is 0 Å². The highest BCUT2D eigenvalue weighted by Crippen LogP contribution is 2.26. The summed E-state index contributed by atoms with van der Waals surface area (Å²) < 4.78 is 51.1. The van der Waals surface area contributed by atoms with Crippen molar-refractivity contribution < 1.29 is 26.7 Å². The summed E-state index contributed by atoms with van der Waals surface area (Å²) in [6, 6.07) is 7.12. The van der Waals surface area contributed by atoms with E-state index in [1.54, 1.807) is 0 Å². The first kappa shape index (κ1) is 21.0. The second kappa shape index (κ2) is 7.72. The van der Waals surface area contributed by atoms with Gasteiger partial charge in [-0.3, -0.25) is 20.2 Å². The molecule has 2 aromatic rings. The van der Waals surface area contributed by atoms with Crippen LogP contribution in [0.2, 0.25) is 0 Å². The number of terminal acetylenes is 1. The van der Waals surface area contributed by atoms with Gasteiger partial charge in [0.25, 0.3) is 31.4 Å². The maximum atomic E-state index is 12.8. The summed E-state index contributed by atoms with van der Waals surface area (Å²) in [5, 5.41) is 21.4. The molecule has 0 unspecified atom stereocenters. The van der Waals surface area contributed by atoms with E-state index in [0.29, 0.717) is 0 Å². The summed E-state index contributed by atoms with van der Waals surface area (Å²) in [4.78, 5) is 18.8. The molecular formula is C15H11N3O8S2. The number of sulfonamides is 2. The van der Waals surface area contributed by atoms with Crippen molar-refractivity contribution in [1.82, 2.24) is 3.71 Å². The first-order valence-corrected chi connectivity index (χ1v) is 10.1. The molecule has 0 amide bonds. The molecule has 11 nitrogen and oxygen atoms in total. The van der Waals surface area contributed by atoms with E-state index in [9.17, 15) is 37.1 Å². The molecule has 0 radical (unpaired) electrons. The van der Waals surface area contributed by atoms with Crippen molar-refractivity contribution in [2.45, 2.75) is 9.79 Å². The zero-order valence-electron chi connectivity index (χ0n) is 13.8. The lowest BCUT2D eigenvalue weighted by Crippen LogP contribution is -2.37. The Labute approximate surface area is 159 Å². The number of nitrogens with zero attached hydrogens (tertiary/aromatic N) is 3. The van der Waals surface area contributed by atoms with Crippen molar-refractivity contribution in [2.75, 3.05) is 6.54 Å². The molecule has 28 heavy (non-hydrogen) atoms. The quantitative estimate of drug-likeness (QED) is 0.367. The van der Waals surface area contributed by atoms with Gasteiger partial charge in [-0.1, -0.05) is 9.63 Å². The summed E-state index contributed by atoms with van der Waals surface area (Å²) in [7, 11) is -9.38. The minimum absolute atomic E-state index is 0.0440. The van der Waals surface area contributed by atoms with Gasteiger partial charge in [-0.15, -0.1) is 6.42 Å². The van der Waals surface area contributed by atoms with Crippen LogP contribution in [0.25, 0.3) is 0 Å². The standard InChI is InChI=1S/C15H11N3O8S2/c1-2-11-16(27(23,24)14-7-3-12(4-8-14)17(19)20)28(25,26)15-9-5-13(6-10-15)18(21)22/h1,3-10H,11H2. The normalized spacial score (nSPS) is 11.7. The van der Waals surface area contributed by atoms with Crippen LogP contribution >= 0.6 is 0 Å². The lowest BCUT2D eigenvalue weighted by molar-refractivity contribution is -0.385. The van der Waals surface area contributed by atoms with E-state index in [0.717, 1.165) is 48.5 Å². The molecule has 0 bridgehead atoms. The SMILES string of the molecule is C#CCN(S(=O)(=O)c1ccc([N+](=O)[O-])cc1)S(=O)(=O)c1ccc([N+](=O)[O-])cc1. The van der Waals surface area contributed by atoms with Gasteiger partial charge in [0, 0.05) is 24.3 Å². The van der Waals surface area contributed by atoms with Crippen LogP contribution in [0.1, 0.15) is 0 Å². The van der Waals surface area contributed by atoms with Gasteiger partial charge in [-0.2, -0.15) is 0 Å². The Kier molecular flexibility index (Phi) is 5.78. The molecule has 0 spiro atoms. The van der Waals surface area contributed by atoms with Crippen LogP contribution in [0.5, 0.6) is 0 Å². The fraction of sp³-hybridized carbons (Fsp3) is 0.0667. The fourth-order valence-corrected chi connectivity index (χ4v) is 5.56. The van der Waals surface area contributed by atoms with E-state index >= 15 is 0 Å². The molecule has 0 fully saturated rings. The number of nitro groups is 2. The minimum Gasteiger partial charge on any atom is -0.258 e. The van der Waals surface area contributed by atoms with Gasteiger partial charge >= 0.3 is 0 Å². The Hall–Kier alpha value is -3.34. The van der Waals surface area contributed by atoms with E-state index < -0.39 is 46.2 Å². The molecule has 0 atom stereocenters. The summed E-state index contributed by atoms with van der Waals surface area (Å²) >= 11 is 0. The molecule has 2 rings (SSSR count). The molecular weight excluding hydrogens is 414 g/mol. The van der Waals surface area contributed by atoms with Gasteiger partial charge < -0.3 is 0 Å². The monoisotopic (exact) mass is 425 g/mol. The van der Waals surface area contributed by atoms with Crippen molar-refractivity contribution in [3.05, 3.63) is 68.8 Å². The number of benzene rings is 2. The van der Waals surface area contributed by atoms with Crippen molar-refractivity contribution in [3.8, 4) is 12.3 Å². The predicted molar refractivity (Wildman–Crippen MR) is 96.1 cm³/mol. The smallest absolute Gasteiger partial charge is 0.258 e. The van der Waals surface area contributed by atoms with E-state index in [4.69, 9.17) is 6.42 Å². The highest BCUT2D eigenvalue weighted by atomic mass is 32.3. The minimum atomic E-state index is -4.69. The summed E-state index contributed by atoms with van der Waals surface area (Å²) in [5.41, 5.74) is -0.777. The second-order valence-corrected chi connectivity index (χ2v) is 9.10. The van der Waals surface area contributed by atoms with Crippen LogP contribution in [0.3, 0.4) is 0 Å². The van der Waals surface area contributed by atoms with Crippen molar-refractivity contribution in [1.29, 1.82) is 0 Å². The molecule has 146 valence electrons. The summed E-state index contributed by atoms with van der Waals surface area (Å²) in [6.07, 6.45) is 5.11. The number of hydrogen-bond donors (Lipinski definition) is 0. The predicted octanol–water partition coefficient (Wildman–Crippen LogP) is 1.52. The van der Waals surface area contributed by atoms with Crippen LogP contribution in [0.4, 0.5) is 11.4 Å². The maximum absolute atomic E-state index is 12.8. The lowest BCUT2D eigenvalue weighted by Gasteiger charge is -2.19. The lowest BCUT2D eigenvalue weighted by atomic mass is 10.3. The van der Waals surface area contributed by atoms with Crippen molar-refractivity contribution >= 4 is 31.4 Å². The van der Waals surface area contributed by atoms with Gasteiger partial charge in [-0.25, -0.2) is 16.8 Å². The van der Waals surface area contributed by atoms with E-state index in [1.807, 2.05) is 5.92 Å². The highest BCUT2D eigenvalue weighted by Gasteiger charge is 2.36. The van der Waals surface area contributed by atoms with Gasteiger partial charge in [-0.05, 0) is 24.3 Å². The van der Waals surface area contributed by atoms with Crippen molar-refractivity contribution in [2.24, 2.45) is 0 Å². The Morgan fingerprint density at radius 3 is 1.36 bits per heavy atom. The van der Waals surface area contributed by atoms with Gasteiger partial charge in [0.1, 0.15) is 0 Å². The average Bonchev–Trinajstić information content (AvgIpc) is 2.65. The highest BCUT2D eigenvalue weighted by molar-refractivity contribution is 8.04. The van der Waals surface area contributed by atoms with Crippen LogP contribution in [0.15, 0.2) is 58.3 Å². The fourth-order valence-electron chi connectivity index (χ4n) is 2.09. The average molecular weight is 425 g/mol. The zero-order chi connectivity index (χ0) is 21.1. The largest absolute Gasteiger partial charge is 0.269 e. The zero-order valence-corrected chi connectivity index (χ0v) is 15.5. The molecule has 0 aliphatic rings. The Balaban J connectivity index is 2.54. The van der Waals surface area contributed by atoms with Crippen LogP contribution in [0, 0.1) is 32.6 Å². The first-order valence-electron chi connectivity index (χ1n) is 7.22. The molecule has 2 aromatic carbocycles. The molecule has 0 N–H and O–H groups in total. The molecule has 13 heteroatoms. The van der Waals surface area contributed by atoms with E-state index in [2.05, 4.69) is 0 Å². The molecule has 0 aliphatic heterocycles. The number of non-ortho nitro benzene ring substituents is 2. The van der Waals surface area contributed by atoms with Crippen LogP contribution in [-0.2, 0) is 20.0 Å². The second-order valence-electron chi connectivity index (χ2n) is 5.15. The van der Waals surface area contributed by atoms with E-state index in [1.165, 1.54) is 0 Å². The number of hydrogen-bond acceptors (Lipinski definition) is 8. The third kappa shape index (κ3) is 3.98. The number of rotatable bonds is 7. The van der Waals surface area contributed by atoms with Gasteiger partial charge in [0.05, 0.1) is 26.2 Å². The Morgan fingerprint density at radius 2 is 1.11 bits per heavy atom. The Bertz CT molecular complexity index is 1080. The first-order chi connectivity index (χ1) is 13.0.